The largest absolute Gasteiger partial charge is 0.344 e. The number of carbonyl (C=O) groups is 4. The Balaban J connectivity index is 1.50. The Labute approximate surface area is 208 Å². The molecule has 2 heterocycles. The number of hydrogen-bond donors (Lipinski definition) is 1. The molecule has 0 unspecified atom stereocenters. The van der Waals surface area contributed by atoms with Gasteiger partial charge in [0.15, 0.2) is 17.9 Å². The van der Waals surface area contributed by atoms with Crippen molar-refractivity contribution in [1.82, 2.24) is 19.7 Å². The van der Waals surface area contributed by atoms with Crippen LogP contribution in [0.2, 0.25) is 0 Å². The first-order chi connectivity index (χ1) is 17.3. The van der Waals surface area contributed by atoms with E-state index in [1.165, 1.54) is 22.9 Å². The molecule has 10 heteroatoms. The number of carbonyl (C=O) groups excluding carboxylic acids is 4. The molecule has 0 bridgehead atoms. The zero-order valence-corrected chi connectivity index (χ0v) is 20.6. The molecule has 2 aromatic rings. The third-order valence-electron chi connectivity index (χ3n) is 7.43. The Morgan fingerprint density at radius 2 is 1.61 bits per heavy atom. The molecular weight excluding hydrogens is 470 g/mol. The van der Waals surface area contributed by atoms with Crippen LogP contribution < -0.4 is 5.32 Å². The summed E-state index contributed by atoms with van der Waals surface area (Å²) in [6, 6.07) is 1.30. The van der Waals surface area contributed by atoms with Crippen LogP contribution in [0.3, 0.4) is 0 Å². The number of nitrogens with one attached hydrogen (secondary N) is 1. The maximum atomic E-state index is 13.8. The minimum absolute atomic E-state index is 0.00537. The third kappa shape index (κ3) is 4.85. The Bertz CT molecular complexity index is 1180. The molecule has 4 rings (SSSR count). The predicted molar refractivity (Wildman–Crippen MR) is 129 cm³/mol. The Morgan fingerprint density at radius 1 is 1.00 bits per heavy atom. The second-order valence-electron chi connectivity index (χ2n) is 9.51. The van der Waals surface area contributed by atoms with Crippen molar-refractivity contribution in [3.63, 3.8) is 0 Å². The van der Waals surface area contributed by atoms with Crippen molar-refractivity contribution >= 4 is 34.9 Å². The second-order valence-corrected chi connectivity index (χ2v) is 9.51. The fourth-order valence-corrected chi connectivity index (χ4v) is 5.40. The van der Waals surface area contributed by atoms with E-state index < -0.39 is 23.6 Å². The number of nitrogens with zero attached hydrogens (tertiary/aromatic N) is 3. The van der Waals surface area contributed by atoms with E-state index in [-0.39, 0.29) is 66.1 Å². The number of benzene rings is 1. The van der Waals surface area contributed by atoms with Gasteiger partial charge in [0, 0.05) is 51.1 Å². The first-order valence-corrected chi connectivity index (χ1v) is 12.4. The van der Waals surface area contributed by atoms with Crippen LogP contribution in [-0.4, -0.2) is 70.6 Å². The fraction of sp³-hybridized carbons (Fsp3) is 0.500. The first kappa shape index (κ1) is 25.8. The zero-order valence-electron chi connectivity index (χ0n) is 20.6. The van der Waals surface area contributed by atoms with Gasteiger partial charge in [-0.2, -0.15) is 0 Å². The standard InChI is InChI=1S/C26H31F2N4O4/c1-3-22(34)29-23(16-7-5-4-6-8-16)25(35)31-9-11-32(12-10-31)26(36)24-18(15-33)17-13-19(27)20(28)14-21(17)30(24)2/h3,13-16,23H,4-12H2,1-2H3,(H,29,34)/t23-/m0/s1. The van der Waals surface area contributed by atoms with Gasteiger partial charge in [0.2, 0.25) is 11.8 Å². The summed E-state index contributed by atoms with van der Waals surface area (Å²) in [7, 11) is 1.53. The van der Waals surface area contributed by atoms with Gasteiger partial charge in [-0.15, -0.1) is 0 Å². The van der Waals surface area contributed by atoms with Gasteiger partial charge in [-0.3, -0.25) is 19.2 Å². The molecule has 1 aromatic carbocycles. The van der Waals surface area contributed by atoms with Gasteiger partial charge in [-0.05, 0) is 24.8 Å². The first-order valence-electron chi connectivity index (χ1n) is 12.4. The average Bonchev–Trinajstić information content (AvgIpc) is 3.17. The average molecular weight is 502 g/mol. The van der Waals surface area contributed by atoms with Crippen molar-refractivity contribution in [2.24, 2.45) is 13.0 Å². The number of rotatable bonds is 6. The highest BCUT2D eigenvalue weighted by molar-refractivity contribution is 6.10. The molecule has 0 spiro atoms. The van der Waals surface area contributed by atoms with Gasteiger partial charge in [-0.1, -0.05) is 26.2 Å². The van der Waals surface area contributed by atoms with Gasteiger partial charge in [0.05, 0.1) is 11.1 Å². The minimum atomic E-state index is -1.09. The molecule has 1 aromatic heterocycles. The zero-order chi connectivity index (χ0) is 26.0. The van der Waals surface area contributed by atoms with Gasteiger partial charge >= 0.3 is 0 Å². The van der Waals surface area contributed by atoms with Gasteiger partial charge in [0.1, 0.15) is 11.7 Å². The van der Waals surface area contributed by atoms with Gasteiger partial charge < -0.3 is 19.7 Å². The topological polar surface area (TPSA) is 91.7 Å². The SMILES string of the molecule is C[CH]C(=O)N[C@H](C(=O)N1CCN(C(=O)c2c(C=O)c3cc(F)c(F)cc3n2C)CC1)C1CCCCC1. The third-order valence-corrected chi connectivity index (χ3v) is 7.43. The lowest BCUT2D eigenvalue weighted by molar-refractivity contribution is -0.139. The number of amides is 3. The normalized spacial score (nSPS) is 17.8. The lowest BCUT2D eigenvalue weighted by Crippen LogP contribution is -2.58. The van der Waals surface area contributed by atoms with Crippen molar-refractivity contribution in [3.8, 4) is 0 Å². The Kier molecular flexibility index (Phi) is 7.70. The second kappa shape index (κ2) is 10.8. The molecule has 1 radical (unpaired) electrons. The van der Waals surface area contributed by atoms with Crippen molar-refractivity contribution in [2.75, 3.05) is 26.2 Å². The predicted octanol–water partition coefficient (Wildman–Crippen LogP) is 2.84. The highest BCUT2D eigenvalue weighted by Crippen LogP contribution is 2.29. The molecule has 1 saturated carbocycles. The van der Waals surface area contributed by atoms with E-state index in [1.807, 2.05) is 0 Å². The van der Waals surface area contributed by atoms with Crippen LogP contribution in [-0.2, 0) is 16.6 Å². The molecule has 1 aliphatic carbocycles. The van der Waals surface area contributed by atoms with Crippen molar-refractivity contribution < 1.29 is 28.0 Å². The Hall–Kier alpha value is -3.30. The summed E-state index contributed by atoms with van der Waals surface area (Å²) in [6.45, 7) is 2.66. The summed E-state index contributed by atoms with van der Waals surface area (Å²) < 4.78 is 29.0. The number of fused-ring (bicyclic) bond motifs is 1. The number of hydrogen-bond acceptors (Lipinski definition) is 4. The van der Waals surface area contributed by atoms with E-state index in [9.17, 15) is 28.0 Å². The van der Waals surface area contributed by atoms with Crippen LogP contribution in [0.15, 0.2) is 12.1 Å². The molecule has 1 N–H and O–H groups in total. The van der Waals surface area contributed by atoms with Gasteiger partial charge in [-0.25, -0.2) is 8.78 Å². The highest BCUT2D eigenvalue weighted by Gasteiger charge is 2.36. The van der Waals surface area contributed by atoms with E-state index in [4.69, 9.17) is 0 Å². The number of aromatic nitrogens is 1. The van der Waals surface area contributed by atoms with E-state index in [0.29, 0.717) is 6.29 Å². The highest BCUT2D eigenvalue weighted by atomic mass is 19.2. The summed E-state index contributed by atoms with van der Waals surface area (Å²) in [4.78, 5) is 53.9. The van der Waals surface area contributed by atoms with Crippen LogP contribution in [0.25, 0.3) is 10.9 Å². The molecular formula is C26H31F2N4O4. The van der Waals surface area contributed by atoms with Crippen LogP contribution in [0, 0.1) is 24.0 Å². The fourth-order valence-electron chi connectivity index (χ4n) is 5.40. The maximum absolute atomic E-state index is 13.8. The van der Waals surface area contributed by atoms with Crippen molar-refractivity contribution in [3.05, 3.63) is 41.4 Å². The molecule has 193 valence electrons. The van der Waals surface area contributed by atoms with E-state index in [2.05, 4.69) is 5.32 Å². The molecule has 8 nitrogen and oxygen atoms in total. The molecule has 2 fully saturated rings. The molecule has 3 amide bonds. The number of aldehydes is 1. The number of piperazine rings is 1. The minimum Gasteiger partial charge on any atom is -0.344 e. The lowest BCUT2D eigenvalue weighted by atomic mass is 9.83. The van der Waals surface area contributed by atoms with Crippen LogP contribution in [0.4, 0.5) is 8.78 Å². The summed E-state index contributed by atoms with van der Waals surface area (Å²) >= 11 is 0. The van der Waals surface area contributed by atoms with E-state index in [1.54, 1.807) is 11.8 Å². The van der Waals surface area contributed by atoms with Crippen LogP contribution in [0.5, 0.6) is 0 Å². The molecule has 1 aliphatic heterocycles. The number of halogens is 2. The summed E-state index contributed by atoms with van der Waals surface area (Å²) in [5.74, 6) is -2.94. The Morgan fingerprint density at radius 3 is 2.22 bits per heavy atom. The van der Waals surface area contributed by atoms with E-state index in [0.717, 1.165) is 44.2 Å². The van der Waals surface area contributed by atoms with Crippen molar-refractivity contribution in [2.45, 2.75) is 45.1 Å². The lowest BCUT2D eigenvalue weighted by Gasteiger charge is -2.39. The maximum Gasteiger partial charge on any atom is 0.271 e. The van der Waals surface area contributed by atoms with Gasteiger partial charge in [0.25, 0.3) is 5.91 Å². The number of aryl methyl sites for hydroxylation is 1. The van der Waals surface area contributed by atoms with Crippen molar-refractivity contribution in [1.29, 1.82) is 0 Å². The molecule has 2 aliphatic rings. The summed E-state index contributed by atoms with van der Waals surface area (Å²) in [5.41, 5.74) is 0.299. The molecule has 36 heavy (non-hydrogen) atoms. The van der Waals surface area contributed by atoms with Crippen LogP contribution >= 0.6 is 0 Å². The summed E-state index contributed by atoms with van der Waals surface area (Å²) in [6.07, 6.45) is 6.84. The summed E-state index contributed by atoms with van der Waals surface area (Å²) in [5, 5.41) is 3.04. The molecule has 1 atom stereocenters. The van der Waals surface area contributed by atoms with Crippen LogP contribution in [0.1, 0.15) is 59.9 Å². The molecule has 1 saturated heterocycles. The van der Waals surface area contributed by atoms with E-state index >= 15 is 0 Å². The smallest absolute Gasteiger partial charge is 0.271 e. The monoisotopic (exact) mass is 501 g/mol. The quantitative estimate of drug-likeness (QED) is 0.617.